The van der Waals surface area contributed by atoms with Crippen LogP contribution in [-0.2, 0) is 21.8 Å². The van der Waals surface area contributed by atoms with Gasteiger partial charge in [-0.05, 0) is 35.4 Å². The van der Waals surface area contributed by atoms with Gasteiger partial charge in [-0.2, -0.15) is 0 Å². The summed E-state index contributed by atoms with van der Waals surface area (Å²) < 4.78 is 4.95. The normalized spacial score (nSPS) is 13.6. The van der Waals surface area contributed by atoms with Gasteiger partial charge in [0.05, 0.1) is 12.3 Å². The first-order chi connectivity index (χ1) is 12.6. The minimum Gasteiger partial charge on any atom is -0.447 e. The van der Waals surface area contributed by atoms with E-state index in [9.17, 15) is 9.59 Å². The van der Waals surface area contributed by atoms with Gasteiger partial charge in [-0.3, -0.25) is 9.69 Å². The predicted octanol–water partition coefficient (Wildman–Crippen LogP) is 3.85. The Morgan fingerprint density at radius 3 is 2.73 bits per heavy atom. The number of ether oxygens (including phenoxy) is 1. The summed E-state index contributed by atoms with van der Waals surface area (Å²) in [6, 6.07) is 15.2. The standard InChI is InChI=1S/C19H19ClN2O3S/c20-16-6-4-14(5-7-16)12-26-13-18(23)21-11-15-2-1-3-17(10-15)22-8-9-25-19(22)24/h1-7,10H,8-9,11-13H2,(H,21,23). The zero-order valence-corrected chi connectivity index (χ0v) is 15.7. The molecule has 2 aromatic carbocycles. The molecule has 0 bridgehead atoms. The van der Waals surface area contributed by atoms with Gasteiger partial charge in [0.1, 0.15) is 6.61 Å². The Kier molecular flexibility index (Phi) is 6.41. The number of hydrogen-bond donors (Lipinski definition) is 1. The number of amides is 2. The van der Waals surface area contributed by atoms with Gasteiger partial charge in [-0.15, -0.1) is 11.8 Å². The highest BCUT2D eigenvalue weighted by Crippen LogP contribution is 2.20. The molecule has 3 rings (SSSR count). The smallest absolute Gasteiger partial charge is 0.414 e. The number of carbonyl (C=O) groups excluding carboxylic acids is 2. The number of halogens is 1. The van der Waals surface area contributed by atoms with Gasteiger partial charge in [0.15, 0.2) is 0 Å². The zero-order valence-electron chi connectivity index (χ0n) is 14.1. The quantitative estimate of drug-likeness (QED) is 0.780. The van der Waals surface area contributed by atoms with Crippen molar-refractivity contribution in [3.8, 4) is 0 Å². The molecule has 1 N–H and O–H groups in total. The second-order valence-corrected chi connectivity index (χ2v) is 7.25. The molecule has 7 heteroatoms. The van der Waals surface area contributed by atoms with Crippen molar-refractivity contribution in [2.45, 2.75) is 12.3 Å². The number of cyclic esters (lactones) is 1. The Morgan fingerprint density at radius 2 is 2.00 bits per heavy atom. The fourth-order valence-corrected chi connectivity index (χ4v) is 3.50. The average molecular weight is 391 g/mol. The van der Waals surface area contributed by atoms with Crippen LogP contribution in [-0.4, -0.2) is 30.9 Å². The molecule has 1 fully saturated rings. The number of nitrogens with one attached hydrogen (secondary N) is 1. The van der Waals surface area contributed by atoms with Gasteiger partial charge in [-0.25, -0.2) is 4.79 Å². The minimum absolute atomic E-state index is 0.0186. The minimum atomic E-state index is -0.329. The van der Waals surface area contributed by atoms with E-state index in [-0.39, 0.29) is 12.0 Å². The Bertz CT molecular complexity index is 783. The Morgan fingerprint density at radius 1 is 1.19 bits per heavy atom. The number of thioether (sulfide) groups is 1. The van der Waals surface area contributed by atoms with Crippen molar-refractivity contribution in [2.75, 3.05) is 23.8 Å². The van der Waals surface area contributed by atoms with Crippen LogP contribution < -0.4 is 10.2 Å². The first-order valence-corrected chi connectivity index (χ1v) is 9.77. The highest BCUT2D eigenvalue weighted by molar-refractivity contribution is 7.99. The van der Waals surface area contributed by atoms with Crippen molar-refractivity contribution in [3.05, 3.63) is 64.7 Å². The van der Waals surface area contributed by atoms with Crippen LogP contribution in [0.4, 0.5) is 10.5 Å². The lowest BCUT2D eigenvalue weighted by molar-refractivity contribution is -0.118. The Labute approximate surface area is 161 Å². The molecule has 1 aliphatic heterocycles. The fraction of sp³-hybridized carbons (Fsp3) is 0.263. The molecule has 0 aromatic heterocycles. The number of benzene rings is 2. The van der Waals surface area contributed by atoms with Crippen molar-refractivity contribution in [1.29, 1.82) is 0 Å². The number of carbonyl (C=O) groups is 2. The summed E-state index contributed by atoms with van der Waals surface area (Å²) >= 11 is 7.41. The summed E-state index contributed by atoms with van der Waals surface area (Å²) in [5, 5.41) is 3.62. The number of anilines is 1. The summed E-state index contributed by atoms with van der Waals surface area (Å²) in [5.74, 6) is 1.13. The van der Waals surface area contributed by atoms with Crippen molar-refractivity contribution in [1.82, 2.24) is 5.32 Å². The van der Waals surface area contributed by atoms with Gasteiger partial charge in [0.25, 0.3) is 0 Å². The maximum absolute atomic E-state index is 12.0. The van der Waals surface area contributed by atoms with Crippen molar-refractivity contribution < 1.29 is 14.3 Å². The van der Waals surface area contributed by atoms with E-state index in [1.807, 2.05) is 48.5 Å². The number of hydrogen-bond acceptors (Lipinski definition) is 4. The maximum Gasteiger partial charge on any atom is 0.414 e. The molecule has 1 heterocycles. The van der Waals surface area contributed by atoms with Crippen LogP contribution in [0.15, 0.2) is 48.5 Å². The van der Waals surface area contributed by atoms with E-state index >= 15 is 0 Å². The molecule has 2 amide bonds. The average Bonchev–Trinajstić information content (AvgIpc) is 3.08. The lowest BCUT2D eigenvalue weighted by atomic mass is 10.2. The lowest BCUT2D eigenvalue weighted by Gasteiger charge is -2.14. The Balaban J connectivity index is 1.44. The molecule has 136 valence electrons. The molecule has 0 aliphatic carbocycles. The molecular weight excluding hydrogens is 372 g/mol. The maximum atomic E-state index is 12.0. The van der Waals surface area contributed by atoms with Crippen LogP contribution in [0.5, 0.6) is 0 Å². The van der Waals surface area contributed by atoms with Gasteiger partial charge in [0, 0.05) is 23.0 Å². The van der Waals surface area contributed by atoms with Crippen molar-refractivity contribution >= 4 is 41.1 Å². The first kappa shape index (κ1) is 18.6. The summed E-state index contributed by atoms with van der Waals surface area (Å²) in [4.78, 5) is 25.2. The monoisotopic (exact) mass is 390 g/mol. The van der Waals surface area contributed by atoms with Crippen LogP contribution in [0.3, 0.4) is 0 Å². The van der Waals surface area contributed by atoms with E-state index in [1.165, 1.54) is 0 Å². The second-order valence-electron chi connectivity index (χ2n) is 5.83. The fourth-order valence-electron chi connectivity index (χ4n) is 2.56. The van der Waals surface area contributed by atoms with Crippen LogP contribution in [0.25, 0.3) is 0 Å². The van der Waals surface area contributed by atoms with Gasteiger partial charge in [0.2, 0.25) is 5.91 Å². The zero-order chi connectivity index (χ0) is 18.4. The summed E-state index contributed by atoms with van der Waals surface area (Å²) in [5.41, 5.74) is 2.87. The molecule has 2 aromatic rings. The molecule has 0 unspecified atom stereocenters. The third-order valence-corrected chi connectivity index (χ3v) is 5.14. The highest BCUT2D eigenvalue weighted by atomic mass is 35.5. The van der Waals surface area contributed by atoms with E-state index in [2.05, 4.69) is 5.32 Å². The molecule has 0 atom stereocenters. The summed E-state index contributed by atoms with van der Waals surface area (Å²) in [6.07, 6.45) is -0.329. The van der Waals surface area contributed by atoms with E-state index in [0.29, 0.717) is 30.5 Å². The van der Waals surface area contributed by atoms with Crippen LogP contribution >= 0.6 is 23.4 Å². The van der Waals surface area contributed by atoms with E-state index in [4.69, 9.17) is 16.3 Å². The predicted molar refractivity (Wildman–Crippen MR) is 105 cm³/mol. The third kappa shape index (κ3) is 5.16. The number of nitrogens with zero attached hydrogens (tertiary/aromatic N) is 1. The second kappa shape index (κ2) is 8.96. The molecule has 0 radical (unpaired) electrons. The van der Waals surface area contributed by atoms with Crippen LogP contribution in [0.1, 0.15) is 11.1 Å². The molecular formula is C19H19ClN2O3S. The molecule has 5 nitrogen and oxygen atoms in total. The molecule has 26 heavy (non-hydrogen) atoms. The van der Waals surface area contributed by atoms with E-state index in [0.717, 1.165) is 22.6 Å². The third-order valence-electron chi connectivity index (χ3n) is 3.89. The molecule has 1 saturated heterocycles. The first-order valence-electron chi connectivity index (χ1n) is 8.24. The topological polar surface area (TPSA) is 58.6 Å². The van der Waals surface area contributed by atoms with E-state index < -0.39 is 0 Å². The Hall–Kier alpha value is -2.18. The summed E-state index contributed by atoms with van der Waals surface area (Å²) in [7, 11) is 0. The number of rotatable bonds is 7. The van der Waals surface area contributed by atoms with Crippen molar-refractivity contribution in [2.24, 2.45) is 0 Å². The highest BCUT2D eigenvalue weighted by Gasteiger charge is 2.23. The largest absolute Gasteiger partial charge is 0.447 e. The summed E-state index contributed by atoms with van der Waals surface area (Å²) in [6.45, 7) is 1.39. The van der Waals surface area contributed by atoms with Crippen molar-refractivity contribution in [3.63, 3.8) is 0 Å². The SMILES string of the molecule is O=C(CSCc1ccc(Cl)cc1)NCc1cccc(N2CCOC2=O)c1. The lowest BCUT2D eigenvalue weighted by Crippen LogP contribution is -2.25. The van der Waals surface area contributed by atoms with Gasteiger partial charge >= 0.3 is 6.09 Å². The molecule has 0 saturated carbocycles. The van der Waals surface area contributed by atoms with Gasteiger partial charge in [-0.1, -0.05) is 35.9 Å². The van der Waals surface area contributed by atoms with Gasteiger partial charge < -0.3 is 10.1 Å². The van der Waals surface area contributed by atoms with Crippen LogP contribution in [0, 0.1) is 0 Å². The van der Waals surface area contributed by atoms with Crippen LogP contribution in [0.2, 0.25) is 5.02 Å². The van der Waals surface area contributed by atoms with E-state index in [1.54, 1.807) is 16.7 Å². The molecule has 1 aliphatic rings. The molecule has 0 spiro atoms.